The van der Waals surface area contributed by atoms with E-state index in [1.54, 1.807) is 18.2 Å². The van der Waals surface area contributed by atoms with E-state index < -0.39 is 4.92 Å². The fourth-order valence-corrected chi connectivity index (χ4v) is 2.07. The van der Waals surface area contributed by atoms with Gasteiger partial charge in [-0.2, -0.15) is 0 Å². The zero-order valence-electron chi connectivity index (χ0n) is 12.8. The Morgan fingerprint density at radius 3 is 2.61 bits per heavy atom. The number of para-hydroxylation sites is 3. The highest BCUT2D eigenvalue weighted by Crippen LogP contribution is 2.25. The molecular formula is C17H18N2O4. The van der Waals surface area contributed by atoms with Crippen molar-refractivity contribution in [3.8, 4) is 5.75 Å². The number of amides is 1. The number of nitrogens with one attached hydrogen (secondary N) is 1. The summed E-state index contributed by atoms with van der Waals surface area (Å²) in [5.74, 6) is 0.113. The van der Waals surface area contributed by atoms with E-state index in [9.17, 15) is 14.9 Å². The third-order valence-electron chi connectivity index (χ3n) is 3.29. The number of anilines is 1. The van der Waals surface area contributed by atoms with Crippen LogP contribution in [0.2, 0.25) is 0 Å². The first-order valence-electron chi connectivity index (χ1n) is 7.29. The minimum absolute atomic E-state index is 0.0724. The van der Waals surface area contributed by atoms with Crippen molar-refractivity contribution in [3.63, 3.8) is 0 Å². The Balaban J connectivity index is 1.79. The van der Waals surface area contributed by atoms with Crippen LogP contribution >= 0.6 is 0 Å². The molecule has 6 nitrogen and oxygen atoms in total. The third kappa shape index (κ3) is 4.81. The van der Waals surface area contributed by atoms with Gasteiger partial charge in [0.1, 0.15) is 0 Å². The summed E-state index contributed by atoms with van der Waals surface area (Å²) >= 11 is 0. The molecule has 0 atom stereocenters. The Hall–Kier alpha value is -2.89. The lowest BCUT2D eigenvalue weighted by Gasteiger charge is -2.09. The van der Waals surface area contributed by atoms with Crippen molar-refractivity contribution in [1.82, 2.24) is 0 Å². The second-order valence-electron chi connectivity index (χ2n) is 5.04. The number of rotatable bonds is 7. The maximum Gasteiger partial charge on any atom is 0.310 e. The zero-order valence-corrected chi connectivity index (χ0v) is 12.8. The Morgan fingerprint density at radius 2 is 1.87 bits per heavy atom. The number of carbonyl (C=O) groups excluding carboxylic acids is 1. The summed E-state index contributed by atoms with van der Waals surface area (Å²) in [4.78, 5) is 22.2. The van der Waals surface area contributed by atoms with Gasteiger partial charge in [0.25, 0.3) is 0 Å². The van der Waals surface area contributed by atoms with Crippen LogP contribution in [0.5, 0.6) is 5.75 Å². The molecule has 2 rings (SSSR count). The predicted molar refractivity (Wildman–Crippen MR) is 87.6 cm³/mol. The minimum Gasteiger partial charge on any atom is -0.487 e. The average Bonchev–Trinajstić information content (AvgIpc) is 2.54. The molecule has 120 valence electrons. The lowest BCUT2D eigenvalue weighted by Crippen LogP contribution is -2.13. The second kappa shape index (κ2) is 7.93. The van der Waals surface area contributed by atoms with E-state index in [4.69, 9.17) is 4.74 Å². The number of nitrogens with zero attached hydrogens (tertiary/aromatic N) is 1. The van der Waals surface area contributed by atoms with Crippen LogP contribution < -0.4 is 10.1 Å². The molecule has 0 fully saturated rings. The van der Waals surface area contributed by atoms with Crippen LogP contribution in [0.4, 0.5) is 11.4 Å². The van der Waals surface area contributed by atoms with Gasteiger partial charge < -0.3 is 10.1 Å². The highest BCUT2D eigenvalue weighted by Gasteiger charge is 2.13. The summed E-state index contributed by atoms with van der Waals surface area (Å²) in [6, 6.07) is 13.7. The van der Waals surface area contributed by atoms with Crippen molar-refractivity contribution in [1.29, 1.82) is 0 Å². The van der Waals surface area contributed by atoms with Crippen LogP contribution in [0.15, 0.2) is 48.5 Å². The van der Waals surface area contributed by atoms with Crippen LogP contribution in [0.1, 0.15) is 18.4 Å². The quantitative estimate of drug-likeness (QED) is 0.480. The summed E-state index contributed by atoms with van der Waals surface area (Å²) in [6.45, 7) is 2.17. The largest absolute Gasteiger partial charge is 0.487 e. The van der Waals surface area contributed by atoms with Gasteiger partial charge in [0, 0.05) is 18.2 Å². The number of hydrogen-bond donors (Lipinski definition) is 1. The maximum atomic E-state index is 11.9. The summed E-state index contributed by atoms with van der Waals surface area (Å²) in [5.41, 5.74) is 1.71. The third-order valence-corrected chi connectivity index (χ3v) is 3.29. The van der Waals surface area contributed by atoms with Gasteiger partial charge in [0.05, 0.1) is 11.5 Å². The standard InChI is InChI=1S/C17H18N2O4/c1-13-7-2-3-8-14(13)18-17(20)11-6-12-23-16-10-5-4-9-15(16)19(21)22/h2-5,7-10H,6,11-12H2,1H3,(H,18,20). The number of aryl methyl sites for hydroxylation is 1. The van der Waals surface area contributed by atoms with E-state index in [0.29, 0.717) is 6.42 Å². The monoisotopic (exact) mass is 314 g/mol. The van der Waals surface area contributed by atoms with Crippen LogP contribution in [-0.4, -0.2) is 17.4 Å². The van der Waals surface area contributed by atoms with Gasteiger partial charge in [-0.3, -0.25) is 14.9 Å². The van der Waals surface area contributed by atoms with Gasteiger partial charge in [-0.25, -0.2) is 0 Å². The second-order valence-corrected chi connectivity index (χ2v) is 5.04. The van der Waals surface area contributed by atoms with Crippen LogP contribution in [-0.2, 0) is 4.79 Å². The lowest BCUT2D eigenvalue weighted by molar-refractivity contribution is -0.385. The number of hydrogen-bond acceptors (Lipinski definition) is 4. The van der Waals surface area contributed by atoms with E-state index in [1.165, 1.54) is 6.07 Å². The molecule has 23 heavy (non-hydrogen) atoms. The molecule has 0 heterocycles. The number of benzene rings is 2. The van der Waals surface area contributed by atoms with E-state index >= 15 is 0 Å². The van der Waals surface area contributed by atoms with Gasteiger partial charge >= 0.3 is 5.69 Å². The molecule has 0 aliphatic rings. The molecule has 1 N–H and O–H groups in total. The molecule has 0 aliphatic carbocycles. The van der Waals surface area contributed by atoms with Gasteiger partial charge in [0.2, 0.25) is 5.91 Å². The minimum atomic E-state index is -0.486. The molecule has 0 saturated carbocycles. The molecule has 6 heteroatoms. The van der Waals surface area contributed by atoms with E-state index in [-0.39, 0.29) is 30.4 Å². The zero-order chi connectivity index (χ0) is 16.7. The summed E-state index contributed by atoms with van der Waals surface area (Å²) in [6.07, 6.45) is 0.763. The number of nitro groups is 1. The number of nitro benzene ring substituents is 1. The Morgan fingerprint density at radius 1 is 1.17 bits per heavy atom. The van der Waals surface area contributed by atoms with Gasteiger partial charge in [-0.1, -0.05) is 30.3 Å². The van der Waals surface area contributed by atoms with E-state index in [2.05, 4.69) is 5.32 Å². The first-order chi connectivity index (χ1) is 11.1. The Kier molecular flexibility index (Phi) is 5.68. The average molecular weight is 314 g/mol. The number of ether oxygens (including phenoxy) is 1. The van der Waals surface area contributed by atoms with Crippen molar-refractivity contribution in [2.75, 3.05) is 11.9 Å². The normalized spacial score (nSPS) is 10.1. The number of carbonyl (C=O) groups is 1. The Bertz CT molecular complexity index is 700. The fourth-order valence-electron chi connectivity index (χ4n) is 2.07. The van der Waals surface area contributed by atoms with Gasteiger partial charge in [-0.15, -0.1) is 0 Å². The van der Waals surface area contributed by atoms with Gasteiger partial charge in [0.15, 0.2) is 5.75 Å². The lowest BCUT2D eigenvalue weighted by atomic mass is 10.2. The molecule has 0 unspecified atom stereocenters. The predicted octanol–water partition coefficient (Wildman–Crippen LogP) is 3.70. The molecule has 1 amide bonds. The summed E-state index contributed by atoms with van der Waals surface area (Å²) < 4.78 is 5.40. The van der Waals surface area contributed by atoms with E-state index in [0.717, 1.165) is 11.3 Å². The molecule has 0 aliphatic heterocycles. The van der Waals surface area contributed by atoms with Crippen LogP contribution in [0.3, 0.4) is 0 Å². The molecule has 0 bridgehead atoms. The first kappa shape index (κ1) is 16.5. The van der Waals surface area contributed by atoms with E-state index in [1.807, 2.05) is 31.2 Å². The van der Waals surface area contributed by atoms with Crippen molar-refractivity contribution in [2.45, 2.75) is 19.8 Å². The molecule has 2 aromatic rings. The van der Waals surface area contributed by atoms with Crippen LogP contribution in [0.25, 0.3) is 0 Å². The first-order valence-corrected chi connectivity index (χ1v) is 7.29. The molecule has 0 aromatic heterocycles. The van der Waals surface area contributed by atoms with Crippen LogP contribution in [0, 0.1) is 17.0 Å². The summed E-state index contributed by atoms with van der Waals surface area (Å²) in [5, 5.41) is 13.7. The van der Waals surface area contributed by atoms with Gasteiger partial charge in [-0.05, 0) is 31.0 Å². The molecular weight excluding hydrogens is 296 g/mol. The Labute approximate surface area is 134 Å². The topological polar surface area (TPSA) is 81.5 Å². The molecule has 0 saturated heterocycles. The highest BCUT2D eigenvalue weighted by atomic mass is 16.6. The molecule has 2 aromatic carbocycles. The van der Waals surface area contributed by atoms with Crippen molar-refractivity contribution in [3.05, 3.63) is 64.2 Å². The maximum absolute atomic E-state index is 11.9. The highest BCUT2D eigenvalue weighted by molar-refractivity contribution is 5.91. The fraction of sp³-hybridized carbons (Fsp3) is 0.235. The summed E-state index contributed by atoms with van der Waals surface area (Å²) in [7, 11) is 0. The molecule has 0 radical (unpaired) electrons. The smallest absolute Gasteiger partial charge is 0.310 e. The van der Waals surface area contributed by atoms with Crippen molar-refractivity contribution in [2.24, 2.45) is 0 Å². The van der Waals surface area contributed by atoms with Crippen molar-refractivity contribution < 1.29 is 14.5 Å². The molecule has 0 spiro atoms. The van der Waals surface area contributed by atoms with Crippen molar-refractivity contribution >= 4 is 17.3 Å². The SMILES string of the molecule is Cc1ccccc1NC(=O)CCCOc1ccccc1[N+](=O)[O-].